The van der Waals surface area contributed by atoms with Crippen LogP contribution in [0.2, 0.25) is 0 Å². The van der Waals surface area contributed by atoms with E-state index in [2.05, 4.69) is 5.32 Å². The summed E-state index contributed by atoms with van der Waals surface area (Å²) < 4.78 is 25.3. The summed E-state index contributed by atoms with van der Waals surface area (Å²) in [5.41, 5.74) is -2.23. The van der Waals surface area contributed by atoms with Crippen LogP contribution in [0.5, 0.6) is 0 Å². The summed E-state index contributed by atoms with van der Waals surface area (Å²) in [6, 6.07) is 0. The van der Waals surface area contributed by atoms with Gasteiger partial charge in [-0.2, -0.15) is 0 Å². The molecular formula is C6H9F2NO. The highest BCUT2D eigenvalue weighted by Gasteiger charge is 2.54. The first kappa shape index (κ1) is 7.44. The molecule has 0 spiro atoms. The van der Waals surface area contributed by atoms with Crippen molar-refractivity contribution >= 4 is 5.91 Å². The van der Waals surface area contributed by atoms with Crippen molar-refractivity contribution in [2.75, 3.05) is 7.05 Å². The van der Waals surface area contributed by atoms with E-state index in [0.717, 1.165) is 0 Å². The molecule has 58 valence electrons. The monoisotopic (exact) mass is 149 g/mol. The molecule has 0 aromatic heterocycles. The largest absolute Gasteiger partial charge is 0.356 e. The van der Waals surface area contributed by atoms with Crippen LogP contribution in [0, 0.1) is 0 Å². The minimum Gasteiger partial charge on any atom is -0.356 e. The zero-order valence-corrected chi connectivity index (χ0v) is 5.66. The van der Waals surface area contributed by atoms with Crippen LogP contribution < -0.4 is 5.32 Å². The number of alkyl halides is 2. The van der Waals surface area contributed by atoms with Gasteiger partial charge >= 0.3 is 0 Å². The van der Waals surface area contributed by atoms with Gasteiger partial charge in [-0.1, -0.05) is 0 Å². The van der Waals surface area contributed by atoms with Crippen molar-refractivity contribution in [2.24, 2.45) is 0 Å². The summed E-state index contributed by atoms with van der Waals surface area (Å²) in [7, 11) is 1.30. The van der Waals surface area contributed by atoms with Gasteiger partial charge in [0.25, 0.3) is 5.91 Å². The number of rotatable bonds is 1. The Morgan fingerprint density at radius 3 is 2.50 bits per heavy atom. The van der Waals surface area contributed by atoms with E-state index in [9.17, 15) is 13.6 Å². The summed E-state index contributed by atoms with van der Waals surface area (Å²) in [6.07, 6.45) is -1.44. The Balaban J connectivity index is 2.60. The second-order valence-electron chi connectivity index (χ2n) is 2.45. The summed E-state index contributed by atoms with van der Waals surface area (Å²) in [5.74, 6) is -0.841. The second-order valence-corrected chi connectivity index (χ2v) is 2.45. The quantitative estimate of drug-likeness (QED) is 0.580. The molecule has 1 N–H and O–H groups in total. The van der Waals surface area contributed by atoms with Crippen molar-refractivity contribution < 1.29 is 13.6 Å². The number of carbonyl (C=O) groups excluding carboxylic acids is 1. The lowest BCUT2D eigenvalue weighted by Gasteiger charge is -2.35. The zero-order chi connectivity index (χ0) is 7.78. The van der Waals surface area contributed by atoms with Crippen LogP contribution in [0.4, 0.5) is 8.78 Å². The topological polar surface area (TPSA) is 29.1 Å². The molecule has 0 bridgehead atoms. The number of amides is 1. The van der Waals surface area contributed by atoms with Gasteiger partial charge in [-0.05, 0) is 12.8 Å². The van der Waals surface area contributed by atoms with E-state index in [-0.39, 0.29) is 12.8 Å². The molecule has 1 fully saturated rings. The van der Waals surface area contributed by atoms with Crippen molar-refractivity contribution in [1.82, 2.24) is 5.32 Å². The molecule has 0 aliphatic heterocycles. The van der Waals surface area contributed by atoms with Crippen LogP contribution >= 0.6 is 0 Å². The Bertz CT molecular complexity index is 162. The average Bonchev–Trinajstić information content (AvgIpc) is 1.98. The average molecular weight is 149 g/mol. The Labute approximate surface area is 57.6 Å². The predicted molar refractivity (Wildman–Crippen MR) is 32.0 cm³/mol. The summed E-state index contributed by atoms with van der Waals surface area (Å²) in [4.78, 5) is 10.6. The maximum atomic E-state index is 12.9. The van der Waals surface area contributed by atoms with Gasteiger partial charge < -0.3 is 5.32 Å². The lowest BCUT2D eigenvalue weighted by atomic mass is 9.79. The Morgan fingerprint density at radius 1 is 1.80 bits per heavy atom. The van der Waals surface area contributed by atoms with Crippen LogP contribution in [0.25, 0.3) is 0 Å². The third-order valence-electron chi connectivity index (χ3n) is 1.86. The molecule has 1 saturated carbocycles. The summed E-state index contributed by atoms with van der Waals surface area (Å²) in [6.45, 7) is 0. The third-order valence-corrected chi connectivity index (χ3v) is 1.86. The first-order valence-electron chi connectivity index (χ1n) is 3.16. The highest BCUT2D eigenvalue weighted by atomic mass is 19.2. The van der Waals surface area contributed by atoms with E-state index >= 15 is 0 Å². The van der Waals surface area contributed by atoms with Crippen molar-refractivity contribution in [3.8, 4) is 0 Å². The van der Waals surface area contributed by atoms with Gasteiger partial charge in [-0.25, -0.2) is 8.78 Å². The number of hydrogen-bond acceptors (Lipinski definition) is 1. The number of nitrogens with one attached hydrogen (secondary N) is 1. The molecule has 0 aromatic rings. The van der Waals surface area contributed by atoms with Gasteiger partial charge in [0.1, 0.15) is 6.17 Å². The highest BCUT2D eigenvalue weighted by molar-refractivity contribution is 5.86. The molecule has 2 atom stereocenters. The number of carbonyl (C=O) groups is 1. The van der Waals surface area contributed by atoms with Crippen molar-refractivity contribution in [3.63, 3.8) is 0 Å². The van der Waals surface area contributed by atoms with E-state index in [1.165, 1.54) is 7.05 Å². The van der Waals surface area contributed by atoms with E-state index in [4.69, 9.17) is 0 Å². The molecule has 0 radical (unpaired) electrons. The minimum atomic E-state index is -2.23. The lowest BCUT2D eigenvalue weighted by molar-refractivity contribution is -0.146. The van der Waals surface area contributed by atoms with Gasteiger partial charge in [0, 0.05) is 7.05 Å². The molecule has 1 rings (SSSR count). The molecule has 4 heteroatoms. The second kappa shape index (κ2) is 2.18. The van der Waals surface area contributed by atoms with Crippen LogP contribution in [0.1, 0.15) is 12.8 Å². The standard InChI is InChI=1S/C6H9F2NO/c1-9-5(10)6(8)3-2-4(6)7/h4H,2-3H2,1H3,(H,9,10). The fraction of sp³-hybridized carbons (Fsp3) is 0.833. The van der Waals surface area contributed by atoms with Crippen LogP contribution in [-0.4, -0.2) is 24.8 Å². The Hall–Kier alpha value is -0.670. The van der Waals surface area contributed by atoms with Crippen molar-refractivity contribution in [3.05, 3.63) is 0 Å². The van der Waals surface area contributed by atoms with Crippen molar-refractivity contribution in [1.29, 1.82) is 0 Å². The normalized spacial score (nSPS) is 38.5. The molecule has 2 unspecified atom stereocenters. The number of halogens is 2. The smallest absolute Gasteiger partial charge is 0.260 e. The zero-order valence-electron chi connectivity index (χ0n) is 5.66. The van der Waals surface area contributed by atoms with Gasteiger partial charge in [0.05, 0.1) is 0 Å². The van der Waals surface area contributed by atoms with Crippen molar-refractivity contribution in [2.45, 2.75) is 24.7 Å². The summed E-state index contributed by atoms with van der Waals surface area (Å²) in [5, 5.41) is 2.08. The molecule has 0 saturated heterocycles. The molecule has 0 aromatic carbocycles. The molecule has 10 heavy (non-hydrogen) atoms. The molecule has 0 heterocycles. The maximum absolute atomic E-state index is 12.9. The van der Waals surface area contributed by atoms with Crippen LogP contribution in [0.15, 0.2) is 0 Å². The van der Waals surface area contributed by atoms with Crippen LogP contribution in [0.3, 0.4) is 0 Å². The molecule has 1 aliphatic carbocycles. The molecular weight excluding hydrogens is 140 g/mol. The molecule has 1 amide bonds. The van der Waals surface area contributed by atoms with E-state index in [0.29, 0.717) is 0 Å². The van der Waals surface area contributed by atoms with Crippen LogP contribution in [-0.2, 0) is 4.79 Å². The van der Waals surface area contributed by atoms with Gasteiger partial charge in [0.2, 0.25) is 5.67 Å². The Kier molecular flexibility index (Phi) is 1.62. The predicted octanol–water partition coefficient (Wildman–Crippen LogP) is 0.573. The first-order chi connectivity index (χ1) is 4.61. The maximum Gasteiger partial charge on any atom is 0.260 e. The third kappa shape index (κ3) is 0.786. The minimum absolute atomic E-state index is 0.00778. The van der Waals surface area contributed by atoms with Gasteiger partial charge in [-0.3, -0.25) is 4.79 Å². The van der Waals surface area contributed by atoms with E-state index < -0.39 is 17.7 Å². The van der Waals surface area contributed by atoms with E-state index in [1.54, 1.807) is 0 Å². The number of hydrogen-bond donors (Lipinski definition) is 1. The molecule has 2 nitrogen and oxygen atoms in total. The lowest BCUT2D eigenvalue weighted by Crippen LogP contribution is -2.55. The molecule has 1 aliphatic rings. The van der Waals surface area contributed by atoms with E-state index in [1.807, 2.05) is 0 Å². The Morgan fingerprint density at radius 2 is 2.40 bits per heavy atom. The van der Waals surface area contributed by atoms with Gasteiger partial charge in [-0.15, -0.1) is 0 Å². The first-order valence-corrected chi connectivity index (χ1v) is 3.16. The SMILES string of the molecule is CNC(=O)C1(F)CCC1F. The summed E-state index contributed by atoms with van der Waals surface area (Å²) >= 11 is 0. The fourth-order valence-electron chi connectivity index (χ4n) is 0.970. The fourth-order valence-corrected chi connectivity index (χ4v) is 0.970. The van der Waals surface area contributed by atoms with Gasteiger partial charge in [0.15, 0.2) is 0 Å². The highest BCUT2D eigenvalue weighted by Crippen LogP contribution is 2.38.